The Hall–Kier alpha value is -2.35. The Balaban J connectivity index is 2.10. The molecule has 0 bridgehead atoms. The summed E-state index contributed by atoms with van der Waals surface area (Å²) in [4.78, 5) is 11.3. The van der Waals surface area contributed by atoms with Gasteiger partial charge in [0.1, 0.15) is 13.1 Å². The summed E-state index contributed by atoms with van der Waals surface area (Å²) in [5.41, 5.74) is 0.857. The Morgan fingerprint density at radius 3 is 3.06 bits per heavy atom. The van der Waals surface area contributed by atoms with Gasteiger partial charge in [-0.25, -0.2) is 0 Å². The predicted molar refractivity (Wildman–Crippen MR) is 58.4 cm³/mol. The van der Waals surface area contributed by atoms with E-state index in [1.54, 1.807) is 10.9 Å². The van der Waals surface area contributed by atoms with Crippen LogP contribution in [0.2, 0.25) is 0 Å². The molecule has 0 saturated heterocycles. The second-order valence-electron chi connectivity index (χ2n) is 3.32. The summed E-state index contributed by atoms with van der Waals surface area (Å²) in [5, 5.41) is 16.0. The number of aromatic nitrogens is 2. The van der Waals surface area contributed by atoms with Crippen LogP contribution in [-0.4, -0.2) is 22.2 Å². The highest BCUT2D eigenvalue weighted by molar-refractivity contribution is 5.79. The van der Waals surface area contributed by atoms with Gasteiger partial charge in [-0.05, 0) is 6.07 Å². The van der Waals surface area contributed by atoms with Gasteiger partial charge in [0.15, 0.2) is 0 Å². The number of amides is 1. The summed E-state index contributed by atoms with van der Waals surface area (Å²) in [6.45, 7) is 0.163. The van der Waals surface area contributed by atoms with E-state index in [4.69, 9.17) is 5.26 Å². The third-order valence-electron chi connectivity index (χ3n) is 2.13. The van der Waals surface area contributed by atoms with Crippen LogP contribution in [0.25, 0.3) is 10.9 Å². The van der Waals surface area contributed by atoms with Gasteiger partial charge >= 0.3 is 0 Å². The second-order valence-corrected chi connectivity index (χ2v) is 3.32. The molecular weight excluding hydrogens is 204 g/mol. The van der Waals surface area contributed by atoms with E-state index in [1.807, 2.05) is 30.3 Å². The van der Waals surface area contributed by atoms with Gasteiger partial charge in [0.05, 0.1) is 11.6 Å². The first-order valence-corrected chi connectivity index (χ1v) is 4.85. The lowest BCUT2D eigenvalue weighted by Crippen LogP contribution is -2.27. The van der Waals surface area contributed by atoms with Crippen molar-refractivity contribution >= 4 is 16.8 Å². The highest BCUT2D eigenvalue weighted by Crippen LogP contribution is 2.10. The van der Waals surface area contributed by atoms with Crippen molar-refractivity contribution in [3.63, 3.8) is 0 Å². The number of nitrogens with zero attached hydrogens (tertiary/aromatic N) is 3. The molecule has 0 spiro atoms. The molecule has 0 saturated carbocycles. The van der Waals surface area contributed by atoms with E-state index in [9.17, 15) is 4.79 Å². The number of rotatable bonds is 3. The van der Waals surface area contributed by atoms with Crippen molar-refractivity contribution in [2.75, 3.05) is 6.54 Å². The summed E-state index contributed by atoms with van der Waals surface area (Å²) in [7, 11) is 0. The van der Waals surface area contributed by atoms with E-state index in [2.05, 4.69) is 10.4 Å². The highest BCUT2D eigenvalue weighted by atomic mass is 16.2. The molecule has 5 heteroatoms. The number of fused-ring (bicyclic) bond motifs is 1. The molecule has 0 unspecified atom stereocenters. The van der Waals surface area contributed by atoms with Crippen molar-refractivity contribution in [1.82, 2.24) is 15.1 Å². The first kappa shape index (κ1) is 10.2. The van der Waals surface area contributed by atoms with Gasteiger partial charge < -0.3 is 5.32 Å². The molecule has 2 rings (SSSR count). The lowest BCUT2D eigenvalue weighted by Gasteiger charge is -1.99. The minimum atomic E-state index is -0.214. The Morgan fingerprint density at radius 1 is 1.50 bits per heavy atom. The third-order valence-corrected chi connectivity index (χ3v) is 2.13. The average molecular weight is 214 g/mol. The molecule has 0 aliphatic carbocycles. The standard InChI is InChI=1S/C11H10N4O/c12-5-6-13-11(16)8-15-7-9-3-1-2-4-10(9)14-15/h1-4,7H,6,8H2,(H,13,16). The Morgan fingerprint density at radius 2 is 2.31 bits per heavy atom. The molecular formula is C11H10N4O. The summed E-state index contributed by atoms with van der Waals surface area (Å²) >= 11 is 0. The zero-order valence-corrected chi connectivity index (χ0v) is 8.55. The number of hydrogen-bond acceptors (Lipinski definition) is 3. The van der Waals surface area contributed by atoms with Crippen molar-refractivity contribution < 1.29 is 4.79 Å². The third kappa shape index (κ3) is 2.17. The molecule has 2 aromatic rings. The van der Waals surface area contributed by atoms with Crippen LogP contribution in [0.1, 0.15) is 0 Å². The molecule has 1 heterocycles. The van der Waals surface area contributed by atoms with Gasteiger partial charge in [0.2, 0.25) is 5.91 Å². The molecule has 16 heavy (non-hydrogen) atoms. The van der Waals surface area contributed by atoms with E-state index < -0.39 is 0 Å². The van der Waals surface area contributed by atoms with Crippen molar-refractivity contribution in [3.8, 4) is 6.07 Å². The molecule has 0 atom stereocenters. The predicted octanol–water partition coefficient (Wildman–Crippen LogP) is 0.676. The fourth-order valence-electron chi connectivity index (χ4n) is 1.44. The summed E-state index contributed by atoms with van der Waals surface area (Å²) < 4.78 is 1.57. The van der Waals surface area contributed by atoms with Gasteiger partial charge in [-0.1, -0.05) is 18.2 Å². The van der Waals surface area contributed by atoms with Gasteiger partial charge in [-0.15, -0.1) is 0 Å². The van der Waals surface area contributed by atoms with Crippen molar-refractivity contribution in [1.29, 1.82) is 5.26 Å². The van der Waals surface area contributed by atoms with Crippen LogP contribution in [0.15, 0.2) is 30.5 Å². The van der Waals surface area contributed by atoms with Crippen LogP contribution in [-0.2, 0) is 11.3 Å². The van der Waals surface area contributed by atoms with Crippen molar-refractivity contribution in [2.24, 2.45) is 0 Å². The van der Waals surface area contributed by atoms with Gasteiger partial charge in [0, 0.05) is 11.6 Å². The fourth-order valence-corrected chi connectivity index (χ4v) is 1.44. The maximum atomic E-state index is 11.3. The van der Waals surface area contributed by atoms with Crippen LogP contribution in [0, 0.1) is 11.3 Å². The molecule has 1 N–H and O–H groups in total. The topological polar surface area (TPSA) is 70.7 Å². The molecule has 0 fully saturated rings. The normalized spacial score (nSPS) is 9.94. The first-order valence-electron chi connectivity index (χ1n) is 4.85. The van der Waals surface area contributed by atoms with E-state index in [1.165, 1.54) is 0 Å². The van der Waals surface area contributed by atoms with Crippen LogP contribution in [0.5, 0.6) is 0 Å². The first-order chi connectivity index (χ1) is 7.79. The Kier molecular flexibility index (Phi) is 2.83. The minimum Gasteiger partial charge on any atom is -0.341 e. The van der Waals surface area contributed by atoms with E-state index >= 15 is 0 Å². The zero-order chi connectivity index (χ0) is 11.4. The number of nitriles is 1. The summed E-state index contributed by atoms with van der Waals surface area (Å²) in [6.07, 6.45) is 1.81. The lowest BCUT2D eigenvalue weighted by molar-refractivity contribution is -0.121. The number of benzene rings is 1. The molecule has 0 radical (unpaired) electrons. The molecule has 0 aliphatic rings. The highest BCUT2D eigenvalue weighted by Gasteiger charge is 2.04. The monoisotopic (exact) mass is 214 g/mol. The Labute approximate surface area is 92.3 Å². The maximum Gasteiger partial charge on any atom is 0.242 e. The molecule has 80 valence electrons. The van der Waals surface area contributed by atoms with Crippen molar-refractivity contribution in [3.05, 3.63) is 30.5 Å². The van der Waals surface area contributed by atoms with Gasteiger partial charge in [0.25, 0.3) is 0 Å². The van der Waals surface area contributed by atoms with Crippen LogP contribution in [0.4, 0.5) is 0 Å². The fraction of sp³-hybridized carbons (Fsp3) is 0.182. The smallest absolute Gasteiger partial charge is 0.242 e. The molecule has 1 aromatic carbocycles. The minimum absolute atomic E-state index is 0.0274. The van der Waals surface area contributed by atoms with E-state index in [-0.39, 0.29) is 19.0 Å². The molecule has 5 nitrogen and oxygen atoms in total. The number of carbonyl (C=O) groups excluding carboxylic acids is 1. The van der Waals surface area contributed by atoms with Crippen LogP contribution < -0.4 is 5.32 Å². The number of nitrogens with one attached hydrogen (secondary N) is 1. The average Bonchev–Trinajstić information content (AvgIpc) is 2.68. The zero-order valence-electron chi connectivity index (χ0n) is 8.55. The summed E-state index contributed by atoms with van der Waals surface area (Å²) in [6, 6.07) is 9.49. The van der Waals surface area contributed by atoms with Crippen LogP contribution >= 0.6 is 0 Å². The van der Waals surface area contributed by atoms with Gasteiger partial charge in [-0.3, -0.25) is 9.48 Å². The van der Waals surface area contributed by atoms with E-state index in [0.717, 1.165) is 10.9 Å². The Bertz CT molecular complexity index is 519. The van der Waals surface area contributed by atoms with Crippen molar-refractivity contribution in [2.45, 2.75) is 6.54 Å². The quantitative estimate of drug-likeness (QED) is 0.763. The summed E-state index contributed by atoms with van der Waals surface area (Å²) in [5.74, 6) is -0.214. The maximum absolute atomic E-state index is 11.3. The SMILES string of the molecule is N#CCNC(=O)Cn1cc2ccccc2n1. The van der Waals surface area contributed by atoms with Gasteiger partial charge in [-0.2, -0.15) is 10.4 Å². The molecule has 0 aliphatic heterocycles. The lowest BCUT2D eigenvalue weighted by atomic mass is 10.3. The number of hydrogen-bond donors (Lipinski definition) is 1. The number of carbonyl (C=O) groups is 1. The van der Waals surface area contributed by atoms with Crippen LogP contribution in [0.3, 0.4) is 0 Å². The van der Waals surface area contributed by atoms with E-state index in [0.29, 0.717) is 0 Å². The second kappa shape index (κ2) is 4.45. The largest absolute Gasteiger partial charge is 0.341 e. The molecule has 1 aromatic heterocycles. The molecule has 1 amide bonds.